The molecule has 6 heterocycles. The Labute approximate surface area is 832 Å². The smallest absolute Gasteiger partial charge is 0.164 e. The van der Waals surface area contributed by atoms with E-state index in [2.05, 4.69) is 317 Å². The van der Waals surface area contributed by atoms with Crippen molar-refractivity contribution in [2.24, 2.45) is 0 Å². The van der Waals surface area contributed by atoms with E-state index < -0.39 is 0 Å². The Bertz CT molecular complexity index is 10000. The number of fused-ring (bicyclic) bond motifs is 10. The second kappa shape index (κ2) is 33.6. The van der Waals surface area contributed by atoms with Crippen molar-refractivity contribution in [3.8, 4) is 186 Å². The first kappa shape index (κ1) is 82.4. The molecule has 0 unspecified atom stereocenters. The van der Waals surface area contributed by atoms with Gasteiger partial charge in [0.1, 0.15) is 0 Å². The predicted octanol–water partition coefficient (Wildman–Crippen LogP) is 33.5. The quantitative estimate of drug-likeness (QED) is 0.117. The molecule has 3 aliphatic rings. The third kappa shape index (κ3) is 13.4. The maximum Gasteiger partial charge on any atom is 0.164 e. The first-order valence-corrected chi connectivity index (χ1v) is 49.1. The molecule has 12 heteroatoms. The van der Waals surface area contributed by atoms with Crippen LogP contribution in [0.1, 0.15) is 0 Å². The van der Waals surface area contributed by atoms with Crippen molar-refractivity contribution < 1.29 is 0 Å². The number of rotatable bonds is 12. The van der Waals surface area contributed by atoms with Gasteiger partial charge in [-0.1, -0.05) is 400 Å². The van der Waals surface area contributed by atoms with Crippen LogP contribution in [0.25, 0.3) is 295 Å². The Kier molecular flexibility index (Phi) is 19.1. The van der Waals surface area contributed by atoms with Crippen LogP contribution in [0.4, 0.5) is 0 Å². The molecule has 0 radical (unpaired) electrons. The molecule has 145 heavy (non-hydrogen) atoms. The Morgan fingerprint density at radius 2 is 0.372 bits per heavy atom. The molecule has 0 spiro atoms. The van der Waals surface area contributed by atoms with E-state index in [0.29, 0.717) is 52.4 Å². The highest BCUT2D eigenvalue weighted by atomic mass is 15.1. The van der Waals surface area contributed by atoms with Crippen LogP contribution < -0.4 is 0 Å². The molecule has 6 aromatic heterocycles. The summed E-state index contributed by atoms with van der Waals surface area (Å²) in [6.45, 7) is 0. The van der Waals surface area contributed by atoms with Crippen molar-refractivity contribution in [2.75, 3.05) is 0 Å². The van der Waals surface area contributed by atoms with Gasteiger partial charge in [0.05, 0.1) is 38.8 Å². The first-order chi connectivity index (χ1) is 71.9. The highest BCUT2D eigenvalue weighted by Gasteiger charge is 2.31. The van der Waals surface area contributed by atoms with E-state index in [1.54, 1.807) is 0 Å². The molecule has 22 aromatic carbocycles. The van der Waals surface area contributed by atoms with E-state index in [9.17, 15) is 0 Å². The van der Waals surface area contributed by atoms with Crippen LogP contribution in [0.5, 0.6) is 0 Å². The fourth-order valence-corrected chi connectivity index (χ4v) is 22.8. The Morgan fingerprint density at radius 1 is 0.124 bits per heavy atom. The molecule has 12 nitrogen and oxygen atoms in total. The van der Waals surface area contributed by atoms with E-state index in [-0.39, 0.29) is 0 Å². The lowest BCUT2D eigenvalue weighted by atomic mass is 9.93. The minimum absolute atomic E-state index is 0.642. The summed E-state index contributed by atoms with van der Waals surface area (Å²) in [5.74, 6) is 5.87. The van der Waals surface area contributed by atoms with Crippen LogP contribution in [0, 0.1) is 0 Å². The summed E-state index contributed by atoms with van der Waals surface area (Å²) in [5.41, 5.74) is 34.3. The third-order valence-corrected chi connectivity index (χ3v) is 29.1. The summed E-state index contributed by atoms with van der Waals surface area (Å²) in [4.78, 5) is 44.8. The number of aromatic nitrogens is 12. The number of hydrogen-bond acceptors (Lipinski definition) is 9. The zero-order valence-electron chi connectivity index (χ0n) is 78.1. The van der Waals surface area contributed by atoms with Crippen LogP contribution in [-0.4, -0.2) is 58.6 Å². The van der Waals surface area contributed by atoms with Crippen molar-refractivity contribution >= 4 is 109 Å². The van der Waals surface area contributed by atoms with Gasteiger partial charge in [-0.15, -0.1) is 0 Å². The number of benzene rings is 22. The highest BCUT2D eigenvalue weighted by Crippen LogP contribution is 2.55. The lowest BCUT2D eigenvalue weighted by Gasteiger charge is -2.16. The fraction of sp³-hybridized carbons (Fsp3) is 0. The normalized spacial score (nSPS) is 11.9. The van der Waals surface area contributed by atoms with Gasteiger partial charge in [0.2, 0.25) is 0 Å². The predicted molar refractivity (Wildman–Crippen MR) is 595 cm³/mol. The highest BCUT2D eigenvalue weighted by molar-refractivity contribution is 6.34. The van der Waals surface area contributed by atoms with Gasteiger partial charge in [-0.05, 0) is 189 Å². The van der Waals surface area contributed by atoms with Crippen molar-refractivity contribution in [1.29, 1.82) is 0 Å². The first-order valence-electron chi connectivity index (χ1n) is 49.1. The average Bonchev–Trinajstić information content (AvgIpc) is 1.54. The lowest BCUT2D eigenvalue weighted by molar-refractivity contribution is 1.07. The zero-order valence-corrected chi connectivity index (χ0v) is 78.1. The minimum atomic E-state index is 0.642. The van der Waals surface area contributed by atoms with Gasteiger partial charge in [0, 0.05) is 99.1 Å². The summed E-state index contributed by atoms with van der Waals surface area (Å²) in [6.07, 6.45) is 0. The van der Waals surface area contributed by atoms with Crippen molar-refractivity contribution in [3.63, 3.8) is 0 Å². The van der Waals surface area contributed by atoms with Gasteiger partial charge >= 0.3 is 0 Å². The summed E-state index contributed by atoms with van der Waals surface area (Å²) in [5, 5.41) is 17.7. The van der Waals surface area contributed by atoms with E-state index >= 15 is 0 Å². The molecule has 672 valence electrons. The van der Waals surface area contributed by atoms with Gasteiger partial charge in [0.25, 0.3) is 0 Å². The van der Waals surface area contributed by atoms with E-state index in [0.717, 1.165) is 77.9 Å². The molecule has 0 fully saturated rings. The zero-order chi connectivity index (χ0) is 95.3. The van der Waals surface area contributed by atoms with E-state index in [1.165, 1.54) is 164 Å². The molecule has 0 aliphatic heterocycles. The molecule has 0 amide bonds. The largest absolute Gasteiger partial charge is 0.309 e. The monoisotopic (exact) mass is 1840 g/mol. The van der Waals surface area contributed by atoms with Crippen molar-refractivity contribution in [1.82, 2.24) is 58.6 Å². The average molecular weight is 1850 g/mol. The second-order valence-corrected chi connectivity index (χ2v) is 37.2. The minimum Gasteiger partial charge on any atom is -0.309 e. The van der Waals surface area contributed by atoms with Gasteiger partial charge in [-0.3, -0.25) is 0 Å². The van der Waals surface area contributed by atoms with Gasteiger partial charge < -0.3 is 13.7 Å². The fourth-order valence-electron chi connectivity index (χ4n) is 22.8. The number of nitrogens with zero attached hydrogens (tertiary/aromatic N) is 12. The topological polar surface area (TPSA) is 131 Å². The van der Waals surface area contributed by atoms with Gasteiger partial charge in [0.15, 0.2) is 52.4 Å². The standard InChI is InChI=1S/C47H28N4.2C43H26N4/c1-3-13-30(14-4-1)45-48-46(31-15-5-2-6-16-31)50-47(49-45)38-26-28-39(35-21-10-9-20-34(35)38)51-40-24-12-23-37-33-19-8-7-18-32(33)36-22-11-17-29-25-27-41(51)44(42(29)36)43(37)40;1-3-12-28(13-4-1)41-44-42(29-14-5-2-6-15-29)46-43(45-41)30-17-9-18-31(26-30)47-36-23-11-22-35-33-20-8-7-19-32(33)34-21-10-16-27-24-25-37(47)40(38(27)34)39(35)36;1-3-11-28(12-4-1)41-44-42(29-13-5-2-6-14-29)46-43(45-41)30-21-24-31(25-22-30)47-36-20-10-19-35-33-17-8-7-16-32(33)34-18-9-15-27-23-26-37(47)40(38(27)34)39(35)36/h1-28H;2*1-26H. The molecular weight excluding hydrogens is 1770 g/mol. The maximum absolute atomic E-state index is 5.10. The maximum atomic E-state index is 5.10. The SMILES string of the molecule is c1ccc(-c2nc(-c3ccccc3)nc(-c3ccc(-n4c5cccc6c5c5c7c(cccc7ccc54)-c4ccccc4-6)c4ccccc34)n2)cc1.c1ccc(-c2nc(-c3ccccc3)nc(-c3ccc(-n4c5cccc6c5c5c7c(cccc7ccc54)-c4ccccc4-6)cc3)n2)cc1.c1ccc(-c2nc(-c3ccccc3)nc(-c3cccc(-n4c5cccc6c5c5c7c(cccc7ccc54)-c4ccccc4-6)c3)n2)cc1. The van der Waals surface area contributed by atoms with Crippen LogP contribution in [0.15, 0.2) is 485 Å². The molecule has 0 bridgehead atoms. The summed E-state index contributed by atoms with van der Waals surface area (Å²) >= 11 is 0. The van der Waals surface area contributed by atoms with Crippen LogP contribution >= 0.6 is 0 Å². The second-order valence-electron chi connectivity index (χ2n) is 37.2. The van der Waals surface area contributed by atoms with Crippen molar-refractivity contribution in [3.05, 3.63) is 485 Å². The van der Waals surface area contributed by atoms with Crippen LogP contribution in [0.3, 0.4) is 0 Å². The number of hydrogen-bond donors (Lipinski definition) is 0. The molecule has 3 aliphatic carbocycles. The molecule has 28 aromatic rings. The molecule has 0 N–H and O–H groups in total. The Balaban J connectivity index is 0.000000103. The summed E-state index contributed by atoms with van der Waals surface area (Å²) < 4.78 is 7.27. The van der Waals surface area contributed by atoms with Gasteiger partial charge in [-0.25, -0.2) is 44.9 Å². The summed E-state index contributed by atoms with van der Waals surface area (Å²) in [7, 11) is 0. The molecule has 0 saturated heterocycles. The molecule has 0 atom stereocenters. The van der Waals surface area contributed by atoms with Crippen LogP contribution in [0.2, 0.25) is 0 Å². The van der Waals surface area contributed by atoms with Crippen LogP contribution in [-0.2, 0) is 0 Å². The third-order valence-electron chi connectivity index (χ3n) is 29.1. The Morgan fingerprint density at radius 3 is 0.724 bits per heavy atom. The van der Waals surface area contributed by atoms with E-state index in [1.807, 2.05) is 182 Å². The van der Waals surface area contributed by atoms with Crippen molar-refractivity contribution in [2.45, 2.75) is 0 Å². The Hall–Kier alpha value is -19.7. The van der Waals surface area contributed by atoms with Gasteiger partial charge in [-0.2, -0.15) is 0 Å². The molecular formula is C133H80N12. The lowest BCUT2D eigenvalue weighted by Crippen LogP contribution is -2.01. The summed E-state index contributed by atoms with van der Waals surface area (Å²) in [6, 6.07) is 171. The molecule has 0 saturated carbocycles. The molecule has 31 rings (SSSR count). The van der Waals surface area contributed by atoms with E-state index in [4.69, 9.17) is 44.9 Å².